The van der Waals surface area contributed by atoms with Crippen LogP contribution in [0, 0.1) is 5.82 Å². The average molecular weight is 182 g/mol. The van der Waals surface area contributed by atoms with Crippen LogP contribution in [0.25, 0.3) is 0 Å². The van der Waals surface area contributed by atoms with E-state index in [1.54, 1.807) is 0 Å². The van der Waals surface area contributed by atoms with Crippen LogP contribution in [0.1, 0.15) is 15.9 Å². The van der Waals surface area contributed by atoms with Gasteiger partial charge in [-0.2, -0.15) is 0 Å². The van der Waals surface area contributed by atoms with Crippen molar-refractivity contribution in [2.45, 2.75) is 6.42 Å². The highest BCUT2D eigenvalue weighted by atomic mass is 19.1. The Morgan fingerprint density at radius 2 is 2.31 bits per heavy atom. The smallest absolute Gasteiger partial charge is 0.339 e. The zero-order valence-electron chi connectivity index (χ0n) is 6.71. The Bertz CT molecular complexity index is 373. The Labute approximate surface area is 73.8 Å². The van der Waals surface area contributed by atoms with Crippen LogP contribution in [0.2, 0.25) is 0 Å². The van der Waals surface area contributed by atoms with E-state index in [2.05, 4.69) is 0 Å². The van der Waals surface area contributed by atoms with E-state index in [-0.39, 0.29) is 5.56 Å². The van der Waals surface area contributed by atoms with Gasteiger partial charge >= 0.3 is 5.97 Å². The Kier molecular flexibility index (Phi) is 1.69. The summed E-state index contributed by atoms with van der Waals surface area (Å²) in [6, 6.07) is 2.29. The number of rotatable bonds is 1. The van der Waals surface area contributed by atoms with Crippen LogP contribution in [0.4, 0.5) is 4.39 Å². The highest BCUT2D eigenvalue weighted by Crippen LogP contribution is 2.30. The van der Waals surface area contributed by atoms with E-state index < -0.39 is 11.8 Å². The maximum Gasteiger partial charge on any atom is 0.339 e. The third-order valence-electron chi connectivity index (χ3n) is 1.98. The molecule has 0 radical (unpaired) electrons. The Morgan fingerprint density at radius 1 is 1.54 bits per heavy atom. The van der Waals surface area contributed by atoms with Crippen LogP contribution in [0.15, 0.2) is 12.1 Å². The first kappa shape index (κ1) is 8.04. The average Bonchev–Trinajstić information content (AvgIpc) is 2.49. The van der Waals surface area contributed by atoms with E-state index in [0.29, 0.717) is 24.3 Å². The molecular formula is C9H7FO3. The molecule has 4 heteroatoms. The first-order valence-corrected chi connectivity index (χ1v) is 3.87. The Balaban J connectivity index is 2.62. The minimum atomic E-state index is -1.15. The summed E-state index contributed by atoms with van der Waals surface area (Å²) in [7, 11) is 0. The summed E-state index contributed by atoms with van der Waals surface area (Å²) in [6.45, 7) is 0.430. The molecule has 0 aromatic heterocycles. The molecule has 3 nitrogen and oxygen atoms in total. The molecule has 0 unspecified atom stereocenters. The second kappa shape index (κ2) is 2.73. The Hall–Kier alpha value is -1.58. The largest absolute Gasteiger partial charge is 0.492 e. The predicted octanol–water partition coefficient (Wildman–Crippen LogP) is 1.46. The minimum absolute atomic E-state index is 0.0903. The number of hydrogen-bond donors (Lipinski definition) is 1. The standard InChI is InChI=1S/C9H7FO3/c10-6-3-5-1-2-13-8(5)7(4-6)9(11)12/h3-4H,1-2H2,(H,11,12). The zero-order valence-corrected chi connectivity index (χ0v) is 6.71. The molecular weight excluding hydrogens is 175 g/mol. The van der Waals surface area contributed by atoms with Gasteiger partial charge in [-0.25, -0.2) is 9.18 Å². The highest BCUT2D eigenvalue weighted by molar-refractivity contribution is 5.91. The molecule has 68 valence electrons. The second-order valence-corrected chi connectivity index (χ2v) is 2.85. The van der Waals surface area contributed by atoms with E-state index in [1.807, 2.05) is 0 Å². The van der Waals surface area contributed by atoms with Crippen LogP contribution >= 0.6 is 0 Å². The summed E-state index contributed by atoms with van der Waals surface area (Å²) in [5.41, 5.74) is 0.546. The van der Waals surface area contributed by atoms with Crippen molar-refractivity contribution in [1.29, 1.82) is 0 Å². The third kappa shape index (κ3) is 1.24. The fourth-order valence-corrected chi connectivity index (χ4v) is 1.43. The molecule has 1 aromatic carbocycles. The van der Waals surface area contributed by atoms with Crippen molar-refractivity contribution in [1.82, 2.24) is 0 Å². The molecule has 1 aliphatic rings. The summed E-state index contributed by atoms with van der Waals surface area (Å²) in [5, 5.41) is 8.73. The molecule has 0 saturated carbocycles. The van der Waals surface area contributed by atoms with E-state index in [0.717, 1.165) is 6.07 Å². The number of benzene rings is 1. The molecule has 2 rings (SSSR count). The number of carbonyl (C=O) groups is 1. The number of carboxylic acid groups (broad SMARTS) is 1. The maximum absolute atomic E-state index is 12.9. The maximum atomic E-state index is 12.9. The van der Waals surface area contributed by atoms with E-state index in [4.69, 9.17) is 9.84 Å². The van der Waals surface area contributed by atoms with Crippen LogP contribution in [0.3, 0.4) is 0 Å². The molecule has 1 heterocycles. The van der Waals surface area contributed by atoms with Crippen LogP contribution in [-0.4, -0.2) is 17.7 Å². The summed E-state index contributed by atoms with van der Waals surface area (Å²) in [4.78, 5) is 10.7. The molecule has 0 spiro atoms. The van der Waals surface area contributed by atoms with Gasteiger partial charge in [-0.05, 0) is 12.1 Å². The van der Waals surface area contributed by atoms with Crippen LogP contribution < -0.4 is 4.74 Å². The van der Waals surface area contributed by atoms with Crippen molar-refractivity contribution in [2.75, 3.05) is 6.61 Å². The van der Waals surface area contributed by atoms with Gasteiger partial charge in [0.15, 0.2) is 0 Å². The Morgan fingerprint density at radius 3 is 3.00 bits per heavy atom. The molecule has 0 fully saturated rings. The summed E-state index contributed by atoms with van der Waals surface area (Å²) < 4.78 is 18.0. The van der Waals surface area contributed by atoms with Gasteiger partial charge in [0.2, 0.25) is 0 Å². The predicted molar refractivity (Wildman–Crippen MR) is 42.6 cm³/mol. The van der Waals surface area contributed by atoms with Gasteiger partial charge in [-0.1, -0.05) is 0 Å². The molecule has 1 aromatic rings. The first-order chi connectivity index (χ1) is 6.18. The van der Waals surface area contributed by atoms with Crippen molar-refractivity contribution in [3.63, 3.8) is 0 Å². The van der Waals surface area contributed by atoms with Gasteiger partial charge in [0.05, 0.1) is 6.61 Å². The number of hydrogen-bond acceptors (Lipinski definition) is 2. The molecule has 0 bridgehead atoms. The lowest BCUT2D eigenvalue weighted by atomic mass is 10.1. The fraction of sp³-hybridized carbons (Fsp3) is 0.222. The van der Waals surface area contributed by atoms with Crippen molar-refractivity contribution < 1.29 is 19.0 Å². The lowest BCUT2D eigenvalue weighted by Crippen LogP contribution is -2.00. The zero-order chi connectivity index (χ0) is 9.42. The highest BCUT2D eigenvalue weighted by Gasteiger charge is 2.21. The third-order valence-corrected chi connectivity index (χ3v) is 1.98. The van der Waals surface area contributed by atoms with E-state index >= 15 is 0 Å². The molecule has 1 aliphatic heterocycles. The van der Waals surface area contributed by atoms with Gasteiger partial charge in [0.25, 0.3) is 0 Å². The first-order valence-electron chi connectivity index (χ1n) is 3.87. The number of halogens is 1. The molecule has 0 atom stereocenters. The summed E-state index contributed by atoms with van der Waals surface area (Å²) in [6.07, 6.45) is 0.577. The van der Waals surface area contributed by atoms with Gasteiger partial charge < -0.3 is 9.84 Å². The topological polar surface area (TPSA) is 46.5 Å². The number of fused-ring (bicyclic) bond motifs is 1. The second-order valence-electron chi connectivity index (χ2n) is 2.85. The number of ether oxygens (including phenoxy) is 1. The number of carboxylic acids is 1. The van der Waals surface area contributed by atoms with Crippen molar-refractivity contribution in [3.8, 4) is 5.75 Å². The molecule has 0 aliphatic carbocycles. The molecule has 13 heavy (non-hydrogen) atoms. The monoisotopic (exact) mass is 182 g/mol. The van der Waals surface area contributed by atoms with Gasteiger partial charge in [-0.15, -0.1) is 0 Å². The molecule has 0 amide bonds. The quantitative estimate of drug-likeness (QED) is 0.715. The van der Waals surface area contributed by atoms with E-state index in [1.165, 1.54) is 6.07 Å². The van der Waals surface area contributed by atoms with Crippen molar-refractivity contribution in [3.05, 3.63) is 29.1 Å². The number of aromatic carboxylic acids is 1. The lowest BCUT2D eigenvalue weighted by Gasteiger charge is -2.03. The van der Waals surface area contributed by atoms with Crippen molar-refractivity contribution in [2.24, 2.45) is 0 Å². The van der Waals surface area contributed by atoms with Crippen LogP contribution in [-0.2, 0) is 6.42 Å². The van der Waals surface area contributed by atoms with Gasteiger partial charge in [0, 0.05) is 12.0 Å². The van der Waals surface area contributed by atoms with Gasteiger partial charge in [-0.3, -0.25) is 0 Å². The summed E-state index contributed by atoms with van der Waals surface area (Å²) in [5.74, 6) is -1.37. The van der Waals surface area contributed by atoms with E-state index in [9.17, 15) is 9.18 Å². The SMILES string of the molecule is O=C(O)c1cc(F)cc2c1OCC2. The molecule has 0 saturated heterocycles. The lowest BCUT2D eigenvalue weighted by molar-refractivity contribution is 0.0692. The normalized spacial score (nSPS) is 13.6. The van der Waals surface area contributed by atoms with Crippen LogP contribution in [0.5, 0.6) is 5.75 Å². The van der Waals surface area contributed by atoms with Gasteiger partial charge in [0.1, 0.15) is 17.1 Å². The summed E-state index contributed by atoms with van der Waals surface area (Å²) >= 11 is 0. The fourth-order valence-electron chi connectivity index (χ4n) is 1.43. The minimum Gasteiger partial charge on any atom is -0.492 e. The van der Waals surface area contributed by atoms with Crippen molar-refractivity contribution >= 4 is 5.97 Å². The molecule has 1 N–H and O–H groups in total.